The van der Waals surface area contributed by atoms with Crippen LogP contribution >= 0.6 is 12.4 Å². The quantitative estimate of drug-likeness (QED) is 0.906. The number of hydrogen-bond donors (Lipinski definition) is 1. The molecule has 2 rings (SSSR count). The van der Waals surface area contributed by atoms with Crippen molar-refractivity contribution in [3.05, 3.63) is 35.6 Å². The topological polar surface area (TPSA) is 35.2 Å². The van der Waals surface area contributed by atoms with Crippen molar-refractivity contribution < 1.29 is 9.13 Å². The van der Waals surface area contributed by atoms with Gasteiger partial charge in [-0.1, -0.05) is 18.2 Å². The number of ether oxygens (including phenoxy) is 1. The van der Waals surface area contributed by atoms with Crippen molar-refractivity contribution in [2.24, 2.45) is 11.7 Å². The Morgan fingerprint density at radius 3 is 2.59 bits per heavy atom. The number of nitrogens with two attached hydrogens (primary N) is 1. The summed E-state index contributed by atoms with van der Waals surface area (Å²) in [6, 6.07) is 6.59. The molecule has 2 nitrogen and oxygen atoms in total. The Morgan fingerprint density at radius 2 is 1.94 bits per heavy atom. The van der Waals surface area contributed by atoms with Crippen molar-refractivity contribution in [3.63, 3.8) is 0 Å². The molecule has 1 aliphatic heterocycles. The Morgan fingerprint density at radius 1 is 1.29 bits per heavy atom. The SMILES string of the molecule is Cl.NC(CC1CCOCC1)c1ccccc1F. The van der Waals surface area contributed by atoms with Gasteiger partial charge in [-0.3, -0.25) is 0 Å². The summed E-state index contributed by atoms with van der Waals surface area (Å²) in [6.45, 7) is 1.63. The summed E-state index contributed by atoms with van der Waals surface area (Å²) in [6.07, 6.45) is 2.94. The molecule has 0 saturated carbocycles. The molecule has 0 radical (unpaired) electrons. The van der Waals surface area contributed by atoms with Gasteiger partial charge < -0.3 is 10.5 Å². The molecule has 1 aromatic carbocycles. The minimum absolute atomic E-state index is 0. The van der Waals surface area contributed by atoms with E-state index < -0.39 is 0 Å². The second kappa shape index (κ2) is 6.94. The van der Waals surface area contributed by atoms with Gasteiger partial charge in [-0.25, -0.2) is 4.39 Å². The second-order valence-corrected chi connectivity index (χ2v) is 4.42. The van der Waals surface area contributed by atoms with Gasteiger partial charge in [0, 0.05) is 24.8 Å². The molecule has 96 valence electrons. The fourth-order valence-electron chi connectivity index (χ4n) is 2.24. The van der Waals surface area contributed by atoms with Crippen LogP contribution in [-0.4, -0.2) is 13.2 Å². The number of hydrogen-bond acceptors (Lipinski definition) is 2. The highest BCUT2D eigenvalue weighted by atomic mass is 35.5. The summed E-state index contributed by atoms with van der Waals surface area (Å²) in [7, 11) is 0. The summed E-state index contributed by atoms with van der Waals surface area (Å²) in [5, 5.41) is 0. The zero-order chi connectivity index (χ0) is 11.4. The maximum absolute atomic E-state index is 13.5. The molecule has 1 aliphatic rings. The van der Waals surface area contributed by atoms with E-state index in [2.05, 4.69) is 0 Å². The van der Waals surface area contributed by atoms with Gasteiger partial charge in [-0.05, 0) is 31.2 Å². The normalized spacial score (nSPS) is 18.5. The lowest BCUT2D eigenvalue weighted by Gasteiger charge is -2.25. The summed E-state index contributed by atoms with van der Waals surface area (Å²) >= 11 is 0. The molecule has 0 amide bonds. The first kappa shape index (κ1) is 14.4. The van der Waals surface area contributed by atoms with Gasteiger partial charge in [0.05, 0.1) is 0 Å². The van der Waals surface area contributed by atoms with E-state index >= 15 is 0 Å². The molecule has 1 atom stereocenters. The summed E-state index contributed by atoms with van der Waals surface area (Å²) in [5.74, 6) is 0.380. The fourth-order valence-corrected chi connectivity index (χ4v) is 2.24. The van der Waals surface area contributed by atoms with Crippen LogP contribution in [0.15, 0.2) is 24.3 Å². The number of benzene rings is 1. The van der Waals surface area contributed by atoms with E-state index in [1.165, 1.54) is 6.07 Å². The van der Waals surface area contributed by atoms with Gasteiger partial charge in [0.1, 0.15) is 5.82 Å². The van der Waals surface area contributed by atoms with Crippen LogP contribution in [0.25, 0.3) is 0 Å². The zero-order valence-electron chi connectivity index (χ0n) is 9.77. The smallest absolute Gasteiger partial charge is 0.127 e. The highest BCUT2D eigenvalue weighted by Crippen LogP contribution is 2.27. The molecule has 0 bridgehead atoms. The summed E-state index contributed by atoms with van der Waals surface area (Å²) in [4.78, 5) is 0. The average molecular weight is 260 g/mol. The van der Waals surface area contributed by atoms with Crippen LogP contribution in [0.1, 0.15) is 30.9 Å². The van der Waals surface area contributed by atoms with Crippen molar-refractivity contribution in [1.82, 2.24) is 0 Å². The second-order valence-electron chi connectivity index (χ2n) is 4.42. The third kappa shape index (κ3) is 3.95. The minimum atomic E-state index is -0.193. The third-order valence-corrected chi connectivity index (χ3v) is 3.23. The Bertz CT molecular complexity index is 342. The lowest BCUT2D eigenvalue weighted by Crippen LogP contribution is -2.22. The monoisotopic (exact) mass is 259 g/mol. The molecule has 2 N–H and O–H groups in total. The van der Waals surface area contributed by atoms with Crippen LogP contribution in [0.2, 0.25) is 0 Å². The van der Waals surface area contributed by atoms with Crippen molar-refractivity contribution in [2.75, 3.05) is 13.2 Å². The maximum atomic E-state index is 13.5. The molecule has 0 aliphatic carbocycles. The van der Waals surface area contributed by atoms with Gasteiger partial charge in [0.15, 0.2) is 0 Å². The predicted molar refractivity (Wildman–Crippen MR) is 68.7 cm³/mol. The molecule has 1 unspecified atom stereocenters. The molecule has 1 saturated heterocycles. The average Bonchev–Trinajstić information content (AvgIpc) is 2.31. The van der Waals surface area contributed by atoms with Crippen LogP contribution in [-0.2, 0) is 4.74 Å². The van der Waals surface area contributed by atoms with E-state index in [4.69, 9.17) is 10.5 Å². The molecule has 1 heterocycles. The Hall–Kier alpha value is -0.640. The number of halogens is 2. The predicted octanol–water partition coefficient (Wildman–Crippen LogP) is 3.06. The Balaban J connectivity index is 0.00000144. The molecule has 0 spiro atoms. The van der Waals surface area contributed by atoms with Gasteiger partial charge in [-0.2, -0.15) is 0 Å². The first-order valence-corrected chi connectivity index (χ1v) is 5.85. The van der Waals surface area contributed by atoms with Crippen LogP contribution in [0.4, 0.5) is 4.39 Å². The fraction of sp³-hybridized carbons (Fsp3) is 0.538. The first-order valence-electron chi connectivity index (χ1n) is 5.85. The van der Waals surface area contributed by atoms with E-state index in [-0.39, 0.29) is 24.3 Å². The van der Waals surface area contributed by atoms with Gasteiger partial charge in [-0.15, -0.1) is 12.4 Å². The largest absolute Gasteiger partial charge is 0.381 e. The van der Waals surface area contributed by atoms with E-state index in [0.717, 1.165) is 32.5 Å². The molecule has 1 fully saturated rings. The molecular weight excluding hydrogens is 241 g/mol. The Labute approximate surface area is 108 Å². The van der Waals surface area contributed by atoms with E-state index in [1.807, 2.05) is 6.07 Å². The minimum Gasteiger partial charge on any atom is -0.381 e. The van der Waals surface area contributed by atoms with Crippen molar-refractivity contribution >= 4 is 12.4 Å². The lowest BCUT2D eigenvalue weighted by atomic mass is 9.90. The van der Waals surface area contributed by atoms with E-state index in [9.17, 15) is 4.39 Å². The summed E-state index contributed by atoms with van der Waals surface area (Å²) < 4.78 is 18.8. The standard InChI is InChI=1S/C13H18FNO.ClH/c14-12-4-2-1-3-11(12)13(15)9-10-5-7-16-8-6-10;/h1-4,10,13H,5-9,15H2;1H. The van der Waals surface area contributed by atoms with Crippen molar-refractivity contribution in [1.29, 1.82) is 0 Å². The van der Waals surface area contributed by atoms with Crippen LogP contribution < -0.4 is 5.73 Å². The molecule has 17 heavy (non-hydrogen) atoms. The maximum Gasteiger partial charge on any atom is 0.127 e. The van der Waals surface area contributed by atoms with Gasteiger partial charge in [0.25, 0.3) is 0 Å². The molecule has 0 aromatic heterocycles. The van der Waals surface area contributed by atoms with Crippen molar-refractivity contribution in [3.8, 4) is 0 Å². The van der Waals surface area contributed by atoms with E-state index in [0.29, 0.717) is 11.5 Å². The zero-order valence-corrected chi connectivity index (χ0v) is 10.6. The van der Waals surface area contributed by atoms with Crippen LogP contribution in [0.3, 0.4) is 0 Å². The number of rotatable bonds is 3. The lowest BCUT2D eigenvalue weighted by molar-refractivity contribution is 0.0617. The van der Waals surface area contributed by atoms with Gasteiger partial charge in [0.2, 0.25) is 0 Å². The molecule has 4 heteroatoms. The molecule has 1 aromatic rings. The van der Waals surface area contributed by atoms with Crippen LogP contribution in [0, 0.1) is 11.7 Å². The highest BCUT2D eigenvalue weighted by Gasteiger charge is 2.19. The first-order chi connectivity index (χ1) is 7.77. The van der Waals surface area contributed by atoms with Crippen molar-refractivity contribution in [2.45, 2.75) is 25.3 Å². The van der Waals surface area contributed by atoms with Crippen LogP contribution in [0.5, 0.6) is 0 Å². The van der Waals surface area contributed by atoms with Gasteiger partial charge >= 0.3 is 0 Å². The van der Waals surface area contributed by atoms with E-state index in [1.54, 1.807) is 12.1 Å². The highest BCUT2D eigenvalue weighted by molar-refractivity contribution is 5.85. The third-order valence-electron chi connectivity index (χ3n) is 3.23. The molecular formula is C13H19ClFNO. The summed E-state index contributed by atoms with van der Waals surface area (Å²) in [5.41, 5.74) is 6.68. The Kier molecular flexibility index (Phi) is 5.89.